The Morgan fingerprint density at radius 2 is 1.05 bits per heavy atom. The highest BCUT2D eigenvalue weighted by Crippen LogP contribution is 2.47. The summed E-state index contributed by atoms with van der Waals surface area (Å²) >= 11 is 0. The maximum absolute atomic E-state index is 12.8. The number of hydrogen-bond donors (Lipinski definition) is 8. The number of ether oxygens (including phenoxy) is 2. The Balaban J connectivity index is 2.56. The first-order valence-corrected chi connectivity index (χ1v) is 24.1. The number of phosphoric acid groups is 1. The average Bonchev–Trinajstić information content (AvgIpc) is 3.23. The van der Waals surface area contributed by atoms with Crippen LogP contribution in [0.4, 0.5) is 0 Å². The minimum atomic E-state index is -5.17. The monoisotopic (exact) mass is 891 g/mol. The molecule has 1 rings (SSSR count). The van der Waals surface area contributed by atoms with Crippen molar-refractivity contribution in [3.63, 3.8) is 0 Å². The fourth-order valence-electron chi connectivity index (χ4n) is 6.49. The van der Waals surface area contributed by atoms with Crippen LogP contribution in [0.1, 0.15) is 155 Å². The van der Waals surface area contributed by atoms with E-state index in [0.717, 1.165) is 64.2 Å². The van der Waals surface area contributed by atoms with E-state index in [4.69, 9.17) is 18.5 Å². The highest BCUT2D eigenvalue weighted by molar-refractivity contribution is 7.47. The van der Waals surface area contributed by atoms with Crippen LogP contribution >= 0.6 is 7.82 Å². The van der Waals surface area contributed by atoms with Crippen LogP contribution in [0.25, 0.3) is 0 Å². The third-order valence-electron chi connectivity index (χ3n) is 10.3. The van der Waals surface area contributed by atoms with Crippen molar-refractivity contribution in [1.29, 1.82) is 0 Å². The molecule has 354 valence electrons. The van der Waals surface area contributed by atoms with Crippen LogP contribution in [-0.2, 0) is 32.7 Å². The van der Waals surface area contributed by atoms with Gasteiger partial charge < -0.3 is 50.1 Å². The predicted molar refractivity (Wildman–Crippen MR) is 233 cm³/mol. The Hall–Kier alpha value is -2.27. The van der Waals surface area contributed by atoms with E-state index in [1.54, 1.807) is 0 Å². The van der Waals surface area contributed by atoms with E-state index < -0.39 is 87.9 Å². The number of carbonyl (C=O) groups is 2. The van der Waals surface area contributed by atoms with Crippen molar-refractivity contribution in [2.75, 3.05) is 13.2 Å². The van der Waals surface area contributed by atoms with Crippen LogP contribution in [0.15, 0.2) is 48.6 Å². The SMILES string of the molecule is CCCCC/C=C\C/C=C\C/C=C\CCCCC(=O)OC[C@H](COP(=O)(O)OC1[C@H](O)[C@H](O)C(O)[C@H](O)[C@H]1O)OC(=O)CCCCCCC[C@H](O)[C@@H](O)C/C=C\CCCCC. The van der Waals surface area contributed by atoms with E-state index in [-0.39, 0.29) is 12.8 Å². The first-order chi connectivity index (χ1) is 29.2. The van der Waals surface area contributed by atoms with Crippen molar-refractivity contribution in [2.24, 2.45) is 0 Å². The molecular formula is C45H79O15P. The zero-order chi connectivity index (χ0) is 45.3. The lowest BCUT2D eigenvalue weighted by atomic mass is 9.85. The fourth-order valence-corrected chi connectivity index (χ4v) is 7.46. The Labute approximate surface area is 364 Å². The summed E-state index contributed by atoms with van der Waals surface area (Å²) in [5, 5.41) is 70.6. The summed E-state index contributed by atoms with van der Waals surface area (Å²) in [5.74, 6) is -1.26. The van der Waals surface area contributed by atoms with Gasteiger partial charge in [-0.1, -0.05) is 114 Å². The van der Waals surface area contributed by atoms with Crippen LogP contribution in [0.2, 0.25) is 0 Å². The minimum Gasteiger partial charge on any atom is -0.462 e. The highest BCUT2D eigenvalue weighted by atomic mass is 31.2. The standard InChI is InChI=1S/C45H79O15P/c1-3-5-7-9-11-12-13-14-15-16-17-18-19-23-27-31-38(48)57-33-35(34-58-61(55,56)60-45-43(53)41(51)40(50)42(52)44(45)54)59-39(49)32-28-24-20-22-26-30-37(47)36(46)29-25-21-10-8-6-4-2/h11-12,14-15,17-18,21,25,35-37,40-47,50-54H,3-10,13,16,19-20,22-24,26-34H2,1-2H3,(H,55,56)/b12-11-,15-14-,18-17-,25-21-/t35-,36+,37+,40?,41-,42+,43-,44-,45?/m1/s1. The molecule has 1 saturated carbocycles. The number of carbonyl (C=O) groups excluding carboxylic acids is 2. The van der Waals surface area contributed by atoms with Crippen molar-refractivity contribution in [3.05, 3.63) is 48.6 Å². The predicted octanol–water partition coefficient (Wildman–Crippen LogP) is 6.33. The molecular weight excluding hydrogens is 811 g/mol. The number of unbranched alkanes of at least 4 members (excludes halogenated alkanes) is 12. The molecule has 0 spiro atoms. The van der Waals surface area contributed by atoms with Gasteiger partial charge in [-0.3, -0.25) is 18.6 Å². The molecule has 0 aromatic rings. The molecule has 0 aromatic carbocycles. The quantitative estimate of drug-likeness (QED) is 0.0148. The maximum Gasteiger partial charge on any atom is 0.472 e. The number of aliphatic hydroxyl groups is 7. The molecule has 1 aliphatic carbocycles. The summed E-state index contributed by atoms with van der Waals surface area (Å²) in [7, 11) is -5.17. The van der Waals surface area contributed by atoms with E-state index in [1.165, 1.54) is 25.7 Å². The summed E-state index contributed by atoms with van der Waals surface area (Å²) in [5.41, 5.74) is 0. The minimum absolute atomic E-state index is 0.0122. The zero-order valence-corrected chi connectivity index (χ0v) is 37.6. The molecule has 3 unspecified atom stereocenters. The topological polar surface area (TPSA) is 250 Å². The van der Waals surface area contributed by atoms with E-state index in [2.05, 4.69) is 50.3 Å². The first kappa shape index (κ1) is 56.7. The van der Waals surface area contributed by atoms with Gasteiger partial charge in [0.2, 0.25) is 0 Å². The largest absolute Gasteiger partial charge is 0.472 e. The number of esters is 2. The van der Waals surface area contributed by atoms with Crippen LogP contribution in [0.3, 0.4) is 0 Å². The molecule has 0 amide bonds. The van der Waals surface area contributed by atoms with E-state index in [0.29, 0.717) is 38.5 Å². The van der Waals surface area contributed by atoms with Gasteiger partial charge in [-0.05, 0) is 77.0 Å². The molecule has 15 nitrogen and oxygen atoms in total. The molecule has 0 saturated heterocycles. The van der Waals surface area contributed by atoms with Gasteiger partial charge in [0.1, 0.15) is 43.2 Å². The highest BCUT2D eigenvalue weighted by Gasteiger charge is 2.51. The lowest BCUT2D eigenvalue weighted by molar-refractivity contribution is -0.220. The van der Waals surface area contributed by atoms with Crippen LogP contribution in [-0.4, -0.2) is 121 Å². The third-order valence-corrected chi connectivity index (χ3v) is 11.3. The summed E-state index contributed by atoms with van der Waals surface area (Å²) < 4.78 is 33.4. The second-order valence-electron chi connectivity index (χ2n) is 15.9. The summed E-state index contributed by atoms with van der Waals surface area (Å²) in [6, 6.07) is 0. The molecule has 0 radical (unpaired) electrons. The Morgan fingerprint density at radius 3 is 1.64 bits per heavy atom. The molecule has 1 fully saturated rings. The van der Waals surface area contributed by atoms with Crippen molar-refractivity contribution in [3.8, 4) is 0 Å². The van der Waals surface area contributed by atoms with Crippen molar-refractivity contribution >= 4 is 19.8 Å². The lowest BCUT2D eigenvalue weighted by Gasteiger charge is -2.41. The number of hydrogen-bond acceptors (Lipinski definition) is 14. The Kier molecular flexibility index (Phi) is 32.7. The van der Waals surface area contributed by atoms with Gasteiger partial charge in [-0.2, -0.15) is 0 Å². The van der Waals surface area contributed by atoms with Gasteiger partial charge in [0.05, 0.1) is 18.8 Å². The van der Waals surface area contributed by atoms with Crippen LogP contribution in [0, 0.1) is 0 Å². The van der Waals surface area contributed by atoms with Crippen molar-refractivity contribution in [1.82, 2.24) is 0 Å². The molecule has 0 heterocycles. The first-order valence-electron chi connectivity index (χ1n) is 22.6. The van der Waals surface area contributed by atoms with Gasteiger partial charge in [0.25, 0.3) is 0 Å². The van der Waals surface area contributed by atoms with Gasteiger partial charge in [0, 0.05) is 12.8 Å². The normalized spacial score (nSPS) is 23.5. The third kappa shape index (κ3) is 27.5. The van der Waals surface area contributed by atoms with Crippen LogP contribution < -0.4 is 0 Å². The van der Waals surface area contributed by atoms with E-state index >= 15 is 0 Å². The molecule has 8 N–H and O–H groups in total. The molecule has 0 bridgehead atoms. The molecule has 61 heavy (non-hydrogen) atoms. The molecule has 16 heteroatoms. The number of aliphatic hydroxyl groups excluding tert-OH is 7. The number of allylic oxidation sites excluding steroid dienone is 7. The number of rotatable bonds is 36. The maximum atomic E-state index is 12.8. The molecule has 0 aliphatic heterocycles. The smallest absolute Gasteiger partial charge is 0.462 e. The van der Waals surface area contributed by atoms with E-state index in [1.807, 2.05) is 12.2 Å². The van der Waals surface area contributed by atoms with Gasteiger partial charge >= 0.3 is 19.8 Å². The average molecular weight is 891 g/mol. The van der Waals surface area contributed by atoms with Gasteiger partial charge in [0.15, 0.2) is 6.10 Å². The van der Waals surface area contributed by atoms with Crippen molar-refractivity contribution < 1.29 is 73.3 Å². The van der Waals surface area contributed by atoms with Gasteiger partial charge in [-0.15, -0.1) is 0 Å². The molecule has 1 aliphatic rings. The Morgan fingerprint density at radius 1 is 0.574 bits per heavy atom. The second kappa shape index (κ2) is 35.1. The van der Waals surface area contributed by atoms with Crippen LogP contribution in [0.5, 0.6) is 0 Å². The summed E-state index contributed by atoms with van der Waals surface area (Å²) in [6.07, 6.45) is 18.9. The molecule has 0 aromatic heterocycles. The van der Waals surface area contributed by atoms with Gasteiger partial charge in [-0.25, -0.2) is 4.57 Å². The fraction of sp³-hybridized carbons (Fsp3) is 0.778. The lowest BCUT2D eigenvalue weighted by Crippen LogP contribution is -2.64. The summed E-state index contributed by atoms with van der Waals surface area (Å²) in [6.45, 7) is 3.03. The summed E-state index contributed by atoms with van der Waals surface area (Å²) in [4.78, 5) is 35.7. The number of phosphoric ester groups is 1. The van der Waals surface area contributed by atoms with Crippen molar-refractivity contribution in [2.45, 2.75) is 210 Å². The van der Waals surface area contributed by atoms with E-state index in [9.17, 15) is 54.8 Å². The Bertz CT molecular complexity index is 1290. The molecule has 10 atom stereocenters. The second-order valence-corrected chi connectivity index (χ2v) is 17.3. The zero-order valence-electron chi connectivity index (χ0n) is 36.7.